The van der Waals surface area contributed by atoms with Crippen LogP contribution in [0.4, 0.5) is 11.4 Å². The van der Waals surface area contributed by atoms with E-state index in [0.29, 0.717) is 17.9 Å². The molecule has 1 aromatic heterocycles. The molecule has 0 unspecified atom stereocenters. The van der Waals surface area contributed by atoms with E-state index in [9.17, 15) is 4.79 Å². The number of para-hydroxylation sites is 2. The molecule has 6 nitrogen and oxygen atoms in total. The Morgan fingerprint density at radius 2 is 1.77 bits per heavy atom. The van der Waals surface area contributed by atoms with Crippen molar-refractivity contribution in [3.05, 3.63) is 84.2 Å². The molecule has 4 rings (SSSR count). The molecule has 0 bridgehead atoms. The number of amides is 1. The maximum atomic E-state index is 12.3. The van der Waals surface area contributed by atoms with Gasteiger partial charge < -0.3 is 11.1 Å². The lowest BCUT2D eigenvalue weighted by atomic mass is 10.1. The molecule has 0 aliphatic heterocycles. The van der Waals surface area contributed by atoms with Gasteiger partial charge >= 0.3 is 0 Å². The lowest BCUT2D eigenvalue weighted by molar-refractivity contribution is 0.102. The van der Waals surface area contributed by atoms with Crippen LogP contribution in [0, 0.1) is 0 Å². The van der Waals surface area contributed by atoms with Gasteiger partial charge in [0.05, 0.1) is 24.1 Å². The van der Waals surface area contributed by atoms with Gasteiger partial charge in [-0.2, -0.15) is 0 Å². The van der Waals surface area contributed by atoms with Gasteiger partial charge in [0.2, 0.25) is 0 Å². The quantitative estimate of drug-likeness (QED) is 0.557. The van der Waals surface area contributed by atoms with Crippen LogP contribution in [0.25, 0.3) is 10.8 Å². The van der Waals surface area contributed by atoms with Crippen molar-refractivity contribution < 1.29 is 4.79 Å². The summed E-state index contributed by atoms with van der Waals surface area (Å²) in [6, 6.07) is 21.5. The molecule has 3 N–H and O–H groups in total. The van der Waals surface area contributed by atoms with Crippen molar-refractivity contribution in [3.63, 3.8) is 0 Å². The predicted molar refractivity (Wildman–Crippen MR) is 102 cm³/mol. The fourth-order valence-corrected chi connectivity index (χ4v) is 2.80. The van der Waals surface area contributed by atoms with Gasteiger partial charge in [0.1, 0.15) is 0 Å². The molecule has 0 atom stereocenters. The number of aromatic nitrogens is 3. The number of benzene rings is 3. The number of hydrogen-bond acceptors (Lipinski definition) is 4. The normalized spacial score (nSPS) is 10.8. The Kier molecular flexibility index (Phi) is 4.07. The van der Waals surface area contributed by atoms with Crippen LogP contribution in [0.5, 0.6) is 0 Å². The molecule has 0 saturated carbocycles. The van der Waals surface area contributed by atoms with E-state index in [2.05, 4.69) is 46.0 Å². The van der Waals surface area contributed by atoms with Crippen molar-refractivity contribution in [2.45, 2.75) is 6.54 Å². The molecule has 3 aromatic carbocycles. The Balaban J connectivity index is 1.50. The molecule has 1 amide bonds. The average Bonchev–Trinajstić information content (AvgIpc) is 3.12. The van der Waals surface area contributed by atoms with Crippen molar-refractivity contribution in [2.24, 2.45) is 0 Å². The molecule has 128 valence electrons. The Bertz CT molecular complexity index is 1090. The summed E-state index contributed by atoms with van der Waals surface area (Å²) in [5.74, 6) is -0.340. The van der Waals surface area contributed by atoms with Crippen LogP contribution in [0.3, 0.4) is 0 Å². The molecule has 0 aliphatic carbocycles. The molecule has 0 spiro atoms. The van der Waals surface area contributed by atoms with E-state index < -0.39 is 0 Å². The number of nitrogen functional groups attached to an aromatic ring is 1. The van der Waals surface area contributed by atoms with Crippen molar-refractivity contribution in [1.29, 1.82) is 0 Å². The van der Waals surface area contributed by atoms with E-state index >= 15 is 0 Å². The molecular formula is C20H17N5O. The summed E-state index contributed by atoms with van der Waals surface area (Å²) in [7, 11) is 0. The Morgan fingerprint density at radius 1 is 1.00 bits per heavy atom. The zero-order valence-electron chi connectivity index (χ0n) is 14.0. The van der Waals surface area contributed by atoms with Gasteiger partial charge in [0, 0.05) is 0 Å². The summed E-state index contributed by atoms with van der Waals surface area (Å²) in [5, 5.41) is 13.1. The van der Waals surface area contributed by atoms with Crippen molar-refractivity contribution in [2.75, 3.05) is 11.1 Å². The summed E-state index contributed by atoms with van der Waals surface area (Å²) in [4.78, 5) is 12.3. The number of nitrogens with zero attached hydrogens (tertiary/aromatic N) is 3. The predicted octanol–water partition coefficient (Wildman–Crippen LogP) is 3.31. The smallest absolute Gasteiger partial charge is 0.277 e. The second-order valence-corrected chi connectivity index (χ2v) is 6.02. The van der Waals surface area contributed by atoms with Crippen molar-refractivity contribution in [3.8, 4) is 0 Å². The molecule has 0 fully saturated rings. The van der Waals surface area contributed by atoms with Crippen LogP contribution >= 0.6 is 0 Å². The van der Waals surface area contributed by atoms with Crippen LogP contribution in [0.15, 0.2) is 72.9 Å². The van der Waals surface area contributed by atoms with Crippen molar-refractivity contribution in [1.82, 2.24) is 15.0 Å². The van der Waals surface area contributed by atoms with E-state index in [-0.39, 0.29) is 11.6 Å². The fourth-order valence-electron chi connectivity index (χ4n) is 2.80. The number of fused-ring (bicyclic) bond motifs is 1. The van der Waals surface area contributed by atoms with Gasteiger partial charge in [0.25, 0.3) is 5.91 Å². The molecule has 1 heterocycles. The van der Waals surface area contributed by atoms with Gasteiger partial charge in [-0.3, -0.25) is 4.79 Å². The molecule has 0 aliphatic rings. The van der Waals surface area contributed by atoms with E-state index in [0.717, 1.165) is 5.56 Å². The summed E-state index contributed by atoms with van der Waals surface area (Å²) in [6.07, 6.45) is 1.63. The highest BCUT2D eigenvalue weighted by molar-refractivity contribution is 6.04. The van der Waals surface area contributed by atoms with Crippen LogP contribution in [0.1, 0.15) is 16.1 Å². The summed E-state index contributed by atoms with van der Waals surface area (Å²) < 4.78 is 1.65. The topological polar surface area (TPSA) is 85.8 Å². The molecule has 6 heteroatoms. The fraction of sp³-hybridized carbons (Fsp3) is 0.0500. The average molecular weight is 343 g/mol. The van der Waals surface area contributed by atoms with Crippen LogP contribution < -0.4 is 11.1 Å². The minimum absolute atomic E-state index is 0.244. The maximum absolute atomic E-state index is 12.3. The first-order chi connectivity index (χ1) is 12.7. The number of hydrogen-bond donors (Lipinski definition) is 2. The summed E-state index contributed by atoms with van der Waals surface area (Å²) in [5.41, 5.74) is 8.24. The highest BCUT2D eigenvalue weighted by atomic mass is 16.2. The zero-order chi connectivity index (χ0) is 17.9. The van der Waals surface area contributed by atoms with Gasteiger partial charge in [0.15, 0.2) is 5.69 Å². The van der Waals surface area contributed by atoms with E-state index in [1.165, 1.54) is 10.8 Å². The van der Waals surface area contributed by atoms with Gasteiger partial charge in [-0.25, -0.2) is 4.68 Å². The third-order valence-corrected chi connectivity index (χ3v) is 4.14. The highest BCUT2D eigenvalue weighted by Gasteiger charge is 2.12. The largest absolute Gasteiger partial charge is 0.397 e. The number of carbonyl (C=O) groups is 1. The van der Waals surface area contributed by atoms with Gasteiger partial charge in [-0.15, -0.1) is 5.10 Å². The van der Waals surface area contributed by atoms with E-state index in [4.69, 9.17) is 5.73 Å². The second-order valence-electron chi connectivity index (χ2n) is 6.02. The second kappa shape index (κ2) is 6.68. The number of nitrogens with one attached hydrogen (secondary N) is 1. The first kappa shape index (κ1) is 15.8. The van der Waals surface area contributed by atoms with E-state index in [1.807, 2.05) is 24.3 Å². The molecular weight excluding hydrogens is 326 g/mol. The third-order valence-electron chi connectivity index (χ3n) is 4.14. The first-order valence-electron chi connectivity index (χ1n) is 8.23. The summed E-state index contributed by atoms with van der Waals surface area (Å²) >= 11 is 0. The number of nitrogens with two attached hydrogens (primary N) is 1. The lowest BCUT2D eigenvalue weighted by Crippen LogP contribution is -2.13. The van der Waals surface area contributed by atoms with Crippen LogP contribution in [0.2, 0.25) is 0 Å². The molecule has 0 radical (unpaired) electrons. The van der Waals surface area contributed by atoms with Crippen LogP contribution in [-0.4, -0.2) is 20.9 Å². The lowest BCUT2D eigenvalue weighted by Gasteiger charge is -2.05. The Morgan fingerprint density at radius 3 is 2.62 bits per heavy atom. The molecule has 0 saturated heterocycles. The van der Waals surface area contributed by atoms with Crippen molar-refractivity contribution >= 4 is 28.1 Å². The molecule has 4 aromatic rings. The SMILES string of the molecule is Nc1ccccc1NC(=O)c1cn(Cc2ccc3ccccc3c2)nn1. The Hall–Kier alpha value is -3.67. The van der Waals surface area contributed by atoms with E-state index in [1.54, 1.807) is 23.0 Å². The molecule has 26 heavy (non-hydrogen) atoms. The highest BCUT2D eigenvalue weighted by Crippen LogP contribution is 2.18. The minimum atomic E-state index is -0.340. The summed E-state index contributed by atoms with van der Waals surface area (Å²) in [6.45, 7) is 0.540. The maximum Gasteiger partial charge on any atom is 0.277 e. The zero-order valence-corrected chi connectivity index (χ0v) is 14.0. The number of carbonyl (C=O) groups excluding carboxylic acids is 1. The van der Waals surface area contributed by atoms with Gasteiger partial charge in [-0.1, -0.05) is 53.7 Å². The first-order valence-corrected chi connectivity index (χ1v) is 8.23. The monoisotopic (exact) mass is 343 g/mol. The van der Waals surface area contributed by atoms with Crippen LogP contribution in [-0.2, 0) is 6.54 Å². The number of anilines is 2. The standard InChI is InChI=1S/C20H17N5O/c21-17-7-3-4-8-18(17)22-20(26)19-13-25(24-23-19)12-14-9-10-15-5-1-2-6-16(15)11-14/h1-11,13H,12,21H2,(H,22,26). The Labute approximate surface area is 150 Å². The van der Waals surface area contributed by atoms with Gasteiger partial charge in [-0.05, 0) is 34.5 Å². The third kappa shape index (κ3) is 3.25. The number of rotatable bonds is 4. The minimum Gasteiger partial charge on any atom is -0.397 e.